The molecule has 2 N–H and O–H groups in total. The highest BCUT2D eigenvalue weighted by Crippen LogP contribution is 2.26. The van der Waals surface area contributed by atoms with Crippen LogP contribution in [0, 0.1) is 5.82 Å². The molecule has 0 radical (unpaired) electrons. The van der Waals surface area contributed by atoms with E-state index in [1.807, 2.05) is 23.1 Å². The van der Waals surface area contributed by atoms with Crippen LogP contribution >= 0.6 is 0 Å². The standard InChI is InChI=1S/C23H25FN6O2/c24-17-4-3-6-19(16-17)27-23(32)28-21-9-13-26-30(21)20-10-14-29(15-11-20)22(31)8-7-18-5-1-2-12-25-18/h1-6,9,12-13,16,20H,7-8,10-11,14-15H2,(H2,27,28,32). The Kier molecular flexibility index (Phi) is 6.74. The summed E-state index contributed by atoms with van der Waals surface area (Å²) in [5, 5.41) is 9.74. The molecular weight excluding hydrogens is 411 g/mol. The molecule has 0 spiro atoms. The number of urea groups is 1. The maximum atomic E-state index is 13.3. The Morgan fingerprint density at radius 1 is 1.03 bits per heavy atom. The van der Waals surface area contributed by atoms with Crippen LogP contribution in [-0.2, 0) is 11.2 Å². The van der Waals surface area contributed by atoms with E-state index in [-0.39, 0.29) is 11.9 Å². The first-order valence-electron chi connectivity index (χ1n) is 10.6. The number of benzene rings is 1. The second kappa shape index (κ2) is 10.0. The number of aromatic nitrogens is 3. The summed E-state index contributed by atoms with van der Waals surface area (Å²) >= 11 is 0. The fraction of sp³-hybridized carbons (Fsp3) is 0.304. The van der Waals surface area contributed by atoms with Gasteiger partial charge in [0, 0.05) is 43.2 Å². The van der Waals surface area contributed by atoms with E-state index in [0.717, 1.165) is 18.5 Å². The summed E-state index contributed by atoms with van der Waals surface area (Å²) in [5.74, 6) is 0.260. The number of amides is 3. The van der Waals surface area contributed by atoms with E-state index < -0.39 is 11.8 Å². The molecule has 1 aliphatic heterocycles. The number of halogens is 1. The number of carbonyl (C=O) groups is 2. The van der Waals surface area contributed by atoms with Gasteiger partial charge in [0.15, 0.2) is 0 Å². The number of aryl methyl sites for hydroxylation is 1. The molecule has 1 fully saturated rings. The van der Waals surface area contributed by atoms with Gasteiger partial charge in [-0.25, -0.2) is 13.9 Å². The minimum Gasteiger partial charge on any atom is -0.343 e. The molecule has 0 aliphatic carbocycles. The van der Waals surface area contributed by atoms with Crippen LogP contribution in [0.3, 0.4) is 0 Å². The highest BCUT2D eigenvalue weighted by Gasteiger charge is 2.25. The quantitative estimate of drug-likeness (QED) is 0.614. The topological polar surface area (TPSA) is 92.2 Å². The zero-order valence-corrected chi connectivity index (χ0v) is 17.6. The molecule has 2 aromatic heterocycles. The number of nitrogens with zero attached hydrogens (tertiary/aromatic N) is 4. The monoisotopic (exact) mass is 436 g/mol. The summed E-state index contributed by atoms with van der Waals surface area (Å²) in [4.78, 5) is 31.0. The van der Waals surface area contributed by atoms with E-state index in [1.54, 1.807) is 29.2 Å². The van der Waals surface area contributed by atoms with Crippen LogP contribution in [0.25, 0.3) is 0 Å². The number of likely N-dealkylation sites (tertiary alicyclic amines) is 1. The van der Waals surface area contributed by atoms with Gasteiger partial charge >= 0.3 is 6.03 Å². The Labute approximate surface area is 185 Å². The van der Waals surface area contributed by atoms with E-state index in [9.17, 15) is 14.0 Å². The molecule has 1 aromatic carbocycles. The van der Waals surface area contributed by atoms with Crippen molar-refractivity contribution in [2.75, 3.05) is 23.7 Å². The largest absolute Gasteiger partial charge is 0.343 e. The molecule has 0 atom stereocenters. The van der Waals surface area contributed by atoms with E-state index in [1.165, 1.54) is 18.2 Å². The summed E-state index contributed by atoms with van der Waals surface area (Å²) in [6, 6.07) is 12.7. The number of anilines is 2. The molecule has 3 heterocycles. The molecule has 166 valence electrons. The number of carbonyl (C=O) groups excluding carboxylic acids is 2. The van der Waals surface area contributed by atoms with E-state index in [4.69, 9.17) is 0 Å². The Bertz CT molecular complexity index is 1060. The van der Waals surface area contributed by atoms with Crippen molar-refractivity contribution in [3.63, 3.8) is 0 Å². The molecule has 0 bridgehead atoms. The van der Waals surface area contributed by atoms with Crippen molar-refractivity contribution in [2.24, 2.45) is 0 Å². The summed E-state index contributed by atoms with van der Waals surface area (Å²) in [6.45, 7) is 1.28. The van der Waals surface area contributed by atoms with E-state index in [0.29, 0.717) is 37.4 Å². The SMILES string of the molecule is O=C(Nc1cccc(F)c1)Nc1ccnn1C1CCN(C(=O)CCc2ccccn2)CC1. The first-order chi connectivity index (χ1) is 15.6. The Morgan fingerprint density at radius 2 is 1.88 bits per heavy atom. The second-order valence-corrected chi connectivity index (χ2v) is 7.68. The third-order valence-corrected chi connectivity index (χ3v) is 5.48. The lowest BCUT2D eigenvalue weighted by atomic mass is 10.0. The molecule has 32 heavy (non-hydrogen) atoms. The van der Waals surface area contributed by atoms with Crippen LogP contribution in [-0.4, -0.2) is 44.7 Å². The van der Waals surface area contributed by atoms with Crippen molar-refractivity contribution in [3.8, 4) is 0 Å². The molecular formula is C23H25FN6O2. The molecule has 3 aromatic rings. The highest BCUT2D eigenvalue weighted by atomic mass is 19.1. The van der Waals surface area contributed by atoms with Gasteiger partial charge in [-0.15, -0.1) is 0 Å². The molecule has 1 aliphatic rings. The summed E-state index contributed by atoms with van der Waals surface area (Å²) in [7, 11) is 0. The van der Waals surface area contributed by atoms with Crippen LogP contribution < -0.4 is 10.6 Å². The Hall–Kier alpha value is -3.75. The van der Waals surface area contributed by atoms with Crippen LogP contribution in [0.4, 0.5) is 20.7 Å². The number of pyridine rings is 1. The molecule has 0 saturated carbocycles. The van der Waals surface area contributed by atoms with Gasteiger partial charge < -0.3 is 10.2 Å². The van der Waals surface area contributed by atoms with Crippen LogP contribution in [0.5, 0.6) is 0 Å². The average Bonchev–Trinajstić information content (AvgIpc) is 3.26. The fourth-order valence-corrected chi connectivity index (χ4v) is 3.85. The maximum absolute atomic E-state index is 13.3. The first-order valence-corrected chi connectivity index (χ1v) is 10.6. The number of hydrogen-bond acceptors (Lipinski definition) is 4. The van der Waals surface area contributed by atoms with E-state index in [2.05, 4.69) is 20.7 Å². The molecule has 1 saturated heterocycles. The lowest BCUT2D eigenvalue weighted by Crippen LogP contribution is -2.39. The molecule has 4 rings (SSSR count). The number of hydrogen-bond donors (Lipinski definition) is 2. The van der Waals surface area contributed by atoms with Crippen molar-refractivity contribution in [1.29, 1.82) is 0 Å². The first kappa shape index (κ1) is 21.5. The second-order valence-electron chi connectivity index (χ2n) is 7.68. The third kappa shape index (κ3) is 5.48. The maximum Gasteiger partial charge on any atom is 0.324 e. The van der Waals surface area contributed by atoms with Gasteiger partial charge in [-0.3, -0.25) is 15.1 Å². The summed E-state index contributed by atoms with van der Waals surface area (Å²) < 4.78 is 15.1. The number of rotatable bonds is 6. The van der Waals surface area contributed by atoms with Crippen molar-refractivity contribution in [2.45, 2.75) is 31.7 Å². The lowest BCUT2D eigenvalue weighted by molar-refractivity contribution is -0.132. The lowest BCUT2D eigenvalue weighted by Gasteiger charge is -2.32. The van der Waals surface area contributed by atoms with Gasteiger partial charge in [-0.2, -0.15) is 5.10 Å². The van der Waals surface area contributed by atoms with Gasteiger partial charge in [-0.1, -0.05) is 12.1 Å². The molecule has 9 heteroatoms. The average molecular weight is 436 g/mol. The minimum absolute atomic E-state index is 0.0781. The summed E-state index contributed by atoms with van der Waals surface area (Å²) in [6.07, 6.45) is 5.93. The predicted octanol–water partition coefficient (Wildman–Crippen LogP) is 3.86. The minimum atomic E-state index is -0.473. The molecule has 0 unspecified atom stereocenters. The van der Waals surface area contributed by atoms with Crippen molar-refractivity contribution >= 4 is 23.4 Å². The van der Waals surface area contributed by atoms with Crippen molar-refractivity contribution < 1.29 is 14.0 Å². The van der Waals surface area contributed by atoms with Crippen molar-refractivity contribution in [3.05, 3.63) is 72.4 Å². The highest BCUT2D eigenvalue weighted by molar-refractivity contribution is 5.99. The van der Waals surface area contributed by atoms with Crippen LogP contribution in [0.1, 0.15) is 31.0 Å². The van der Waals surface area contributed by atoms with Gasteiger partial charge in [0.1, 0.15) is 11.6 Å². The zero-order chi connectivity index (χ0) is 22.3. The normalized spacial score (nSPS) is 14.2. The van der Waals surface area contributed by atoms with Crippen molar-refractivity contribution in [1.82, 2.24) is 19.7 Å². The van der Waals surface area contributed by atoms with Gasteiger partial charge in [0.05, 0.1) is 12.2 Å². The zero-order valence-electron chi connectivity index (χ0n) is 17.6. The smallest absolute Gasteiger partial charge is 0.324 e. The fourth-order valence-electron chi connectivity index (χ4n) is 3.85. The number of piperidine rings is 1. The van der Waals surface area contributed by atoms with E-state index >= 15 is 0 Å². The molecule has 3 amide bonds. The molecule has 8 nitrogen and oxygen atoms in total. The van der Waals surface area contributed by atoms with Gasteiger partial charge in [-0.05, 0) is 49.6 Å². The Morgan fingerprint density at radius 3 is 2.62 bits per heavy atom. The predicted molar refractivity (Wildman–Crippen MR) is 119 cm³/mol. The van der Waals surface area contributed by atoms with Crippen LogP contribution in [0.2, 0.25) is 0 Å². The summed E-state index contributed by atoms with van der Waals surface area (Å²) in [5.41, 5.74) is 1.28. The number of nitrogens with one attached hydrogen (secondary N) is 2. The third-order valence-electron chi connectivity index (χ3n) is 5.48. The van der Waals surface area contributed by atoms with Crippen LogP contribution in [0.15, 0.2) is 60.9 Å². The van der Waals surface area contributed by atoms with Gasteiger partial charge in [0.25, 0.3) is 0 Å². The Balaban J connectivity index is 1.28. The van der Waals surface area contributed by atoms with Gasteiger partial charge in [0.2, 0.25) is 5.91 Å².